The second-order valence-corrected chi connectivity index (χ2v) is 3.29. The third kappa shape index (κ3) is 5.72. The number of nitriles is 1. The van der Waals surface area contributed by atoms with Crippen LogP contribution in [0.5, 0.6) is 0 Å². The highest BCUT2D eigenvalue weighted by molar-refractivity contribution is 4.73. The van der Waals surface area contributed by atoms with E-state index in [1.54, 1.807) is 0 Å². The molecule has 0 radical (unpaired) electrons. The highest BCUT2D eigenvalue weighted by Crippen LogP contribution is 1.99. The van der Waals surface area contributed by atoms with E-state index in [0.29, 0.717) is 5.92 Å². The fourth-order valence-electron chi connectivity index (χ4n) is 0.972. The molecule has 0 spiro atoms. The van der Waals surface area contributed by atoms with Gasteiger partial charge in [0.25, 0.3) is 0 Å². The van der Waals surface area contributed by atoms with Crippen molar-refractivity contribution >= 4 is 0 Å². The average molecular weight is 154 g/mol. The first kappa shape index (κ1) is 10.3. The summed E-state index contributed by atoms with van der Waals surface area (Å²) in [5, 5.41) is 8.68. The molecule has 2 nitrogen and oxygen atoms in total. The van der Waals surface area contributed by atoms with Crippen molar-refractivity contribution in [1.29, 1.82) is 5.26 Å². The molecule has 0 amide bonds. The van der Waals surface area contributed by atoms with Gasteiger partial charge in [0.15, 0.2) is 6.19 Å². The zero-order chi connectivity index (χ0) is 8.69. The fourth-order valence-corrected chi connectivity index (χ4v) is 0.972. The third-order valence-electron chi connectivity index (χ3n) is 1.51. The molecule has 0 unspecified atom stereocenters. The molecule has 0 atom stereocenters. The maximum absolute atomic E-state index is 8.68. The standard InChI is InChI=1S/C9H18N2/c1-4-5-6-11(8-10)7-9(2)3/h9H,4-7H2,1-3H3. The normalized spacial score (nSPS) is 9.73. The molecular weight excluding hydrogens is 136 g/mol. The summed E-state index contributed by atoms with van der Waals surface area (Å²) in [4.78, 5) is 1.84. The lowest BCUT2D eigenvalue weighted by molar-refractivity contribution is 0.338. The Morgan fingerprint density at radius 3 is 2.45 bits per heavy atom. The van der Waals surface area contributed by atoms with E-state index >= 15 is 0 Å². The first-order valence-corrected chi connectivity index (χ1v) is 4.35. The van der Waals surface area contributed by atoms with Gasteiger partial charge in [-0.3, -0.25) is 0 Å². The molecule has 0 rings (SSSR count). The predicted octanol–water partition coefficient (Wildman–Crippen LogP) is 2.23. The van der Waals surface area contributed by atoms with Crippen molar-refractivity contribution in [2.45, 2.75) is 33.6 Å². The summed E-state index contributed by atoms with van der Waals surface area (Å²) in [7, 11) is 0. The van der Waals surface area contributed by atoms with Gasteiger partial charge in [-0.15, -0.1) is 0 Å². The Morgan fingerprint density at radius 1 is 1.45 bits per heavy atom. The maximum Gasteiger partial charge on any atom is 0.179 e. The minimum Gasteiger partial charge on any atom is -0.310 e. The molecule has 0 aliphatic rings. The average Bonchev–Trinajstić information content (AvgIpc) is 1.97. The molecule has 0 N–H and O–H groups in total. The van der Waals surface area contributed by atoms with Crippen LogP contribution in [-0.2, 0) is 0 Å². The van der Waals surface area contributed by atoms with Crippen molar-refractivity contribution in [3.8, 4) is 6.19 Å². The molecule has 0 aromatic carbocycles. The van der Waals surface area contributed by atoms with Crippen LogP contribution in [0.4, 0.5) is 0 Å². The molecule has 64 valence electrons. The van der Waals surface area contributed by atoms with Gasteiger partial charge in [-0.25, -0.2) is 0 Å². The van der Waals surface area contributed by atoms with Gasteiger partial charge in [0.05, 0.1) is 0 Å². The van der Waals surface area contributed by atoms with Gasteiger partial charge in [0.1, 0.15) is 0 Å². The van der Waals surface area contributed by atoms with Crippen molar-refractivity contribution in [1.82, 2.24) is 4.90 Å². The second kappa shape index (κ2) is 6.03. The molecule has 0 aromatic heterocycles. The van der Waals surface area contributed by atoms with Crippen molar-refractivity contribution in [3.63, 3.8) is 0 Å². The summed E-state index contributed by atoms with van der Waals surface area (Å²) in [5.74, 6) is 0.589. The predicted molar refractivity (Wildman–Crippen MR) is 46.9 cm³/mol. The Hall–Kier alpha value is -0.710. The smallest absolute Gasteiger partial charge is 0.179 e. The summed E-state index contributed by atoms with van der Waals surface area (Å²) in [6.45, 7) is 8.24. The van der Waals surface area contributed by atoms with Gasteiger partial charge in [-0.2, -0.15) is 5.26 Å². The summed E-state index contributed by atoms with van der Waals surface area (Å²) < 4.78 is 0. The molecule has 0 heterocycles. The first-order chi connectivity index (χ1) is 5.20. The minimum absolute atomic E-state index is 0.589. The lowest BCUT2D eigenvalue weighted by atomic mass is 10.2. The molecule has 2 heteroatoms. The fraction of sp³-hybridized carbons (Fsp3) is 0.889. The molecule has 0 aliphatic carbocycles. The number of hydrogen-bond acceptors (Lipinski definition) is 2. The van der Waals surface area contributed by atoms with Gasteiger partial charge in [0, 0.05) is 13.1 Å². The Morgan fingerprint density at radius 2 is 2.09 bits per heavy atom. The molecule has 0 fully saturated rings. The number of nitrogens with zero attached hydrogens (tertiary/aromatic N) is 2. The molecule has 0 saturated carbocycles. The van der Waals surface area contributed by atoms with Gasteiger partial charge in [0.2, 0.25) is 0 Å². The van der Waals surface area contributed by atoms with Crippen LogP contribution in [0.25, 0.3) is 0 Å². The van der Waals surface area contributed by atoms with E-state index in [0.717, 1.165) is 25.9 Å². The largest absolute Gasteiger partial charge is 0.310 e. The Balaban J connectivity index is 3.52. The Bertz CT molecular complexity index is 124. The zero-order valence-electron chi connectivity index (χ0n) is 7.80. The number of hydrogen-bond donors (Lipinski definition) is 0. The van der Waals surface area contributed by atoms with Crippen LogP contribution in [0.1, 0.15) is 33.6 Å². The van der Waals surface area contributed by atoms with E-state index in [2.05, 4.69) is 27.0 Å². The van der Waals surface area contributed by atoms with Crippen LogP contribution in [0.15, 0.2) is 0 Å². The maximum atomic E-state index is 8.68. The van der Waals surface area contributed by atoms with Crippen molar-refractivity contribution < 1.29 is 0 Å². The summed E-state index contributed by atoms with van der Waals surface area (Å²) in [6.07, 6.45) is 4.49. The van der Waals surface area contributed by atoms with E-state index < -0.39 is 0 Å². The van der Waals surface area contributed by atoms with Gasteiger partial charge in [-0.05, 0) is 12.3 Å². The Labute approximate surface area is 69.8 Å². The van der Waals surface area contributed by atoms with E-state index in [4.69, 9.17) is 5.26 Å². The molecule has 0 saturated heterocycles. The van der Waals surface area contributed by atoms with E-state index in [-0.39, 0.29) is 0 Å². The highest BCUT2D eigenvalue weighted by Gasteiger charge is 2.02. The van der Waals surface area contributed by atoms with Crippen molar-refractivity contribution in [2.24, 2.45) is 5.92 Å². The van der Waals surface area contributed by atoms with E-state index in [1.807, 2.05) is 4.90 Å². The van der Waals surface area contributed by atoms with Crippen LogP contribution in [0, 0.1) is 17.4 Å². The quantitative estimate of drug-likeness (QED) is 0.448. The van der Waals surface area contributed by atoms with Crippen LogP contribution in [0.3, 0.4) is 0 Å². The van der Waals surface area contributed by atoms with Crippen LogP contribution in [-0.4, -0.2) is 18.0 Å². The van der Waals surface area contributed by atoms with E-state index in [1.165, 1.54) is 0 Å². The summed E-state index contributed by atoms with van der Waals surface area (Å²) in [5.41, 5.74) is 0. The molecule has 11 heavy (non-hydrogen) atoms. The van der Waals surface area contributed by atoms with E-state index in [9.17, 15) is 0 Å². The van der Waals surface area contributed by atoms with Crippen LogP contribution in [0.2, 0.25) is 0 Å². The first-order valence-electron chi connectivity index (χ1n) is 4.35. The number of unbranched alkanes of at least 4 members (excludes halogenated alkanes) is 1. The van der Waals surface area contributed by atoms with Crippen molar-refractivity contribution in [2.75, 3.05) is 13.1 Å². The third-order valence-corrected chi connectivity index (χ3v) is 1.51. The molecule has 0 aromatic rings. The molecule has 0 aliphatic heterocycles. The van der Waals surface area contributed by atoms with Gasteiger partial charge < -0.3 is 4.90 Å². The lowest BCUT2D eigenvalue weighted by Gasteiger charge is -2.16. The van der Waals surface area contributed by atoms with Crippen LogP contribution < -0.4 is 0 Å². The molecule has 0 bridgehead atoms. The van der Waals surface area contributed by atoms with Gasteiger partial charge in [-0.1, -0.05) is 27.2 Å². The lowest BCUT2D eigenvalue weighted by Crippen LogP contribution is -2.23. The topological polar surface area (TPSA) is 27.0 Å². The van der Waals surface area contributed by atoms with Gasteiger partial charge >= 0.3 is 0 Å². The minimum atomic E-state index is 0.589. The second-order valence-electron chi connectivity index (χ2n) is 3.29. The summed E-state index contributed by atoms with van der Waals surface area (Å²) >= 11 is 0. The molecular formula is C9H18N2. The Kier molecular flexibility index (Phi) is 5.64. The van der Waals surface area contributed by atoms with Crippen LogP contribution >= 0.6 is 0 Å². The monoisotopic (exact) mass is 154 g/mol. The summed E-state index contributed by atoms with van der Waals surface area (Å²) in [6, 6.07) is 0. The highest BCUT2D eigenvalue weighted by atomic mass is 15.1. The SMILES string of the molecule is CCCCN(C#N)CC(C)C. The van der Waals surface area contributed by atoms with Crippen molar-refractivity contribution in [3.05, 3.63) is 0 Å². The number of rotatable bonds is 5. The zero-order valence-corrected chi connectivity index (χ0v) is 7.80.